The number of carbonyl (C=O) groups is 1. The molecule has 5 saturated heterocycles. The summed E-state index contributed by atoms with van der Waals surface area (Å²) in [5, 5.41) is 225. The van der Waals surface area contributed by atoms with Crippen LogP contribution in [0.5, 0.6) is 0 Å². The van der Waals surface area contributed by atoms with E-state index in [1.165, 1.54) is 38.5 Å². The second-order valence-electron chi connectivity index (χ2n) is 24.6. The van der Waals surface area contributed by atoms with Gasteiger partial charge in [-0.05, 0) is 32.1 Å². The van der Waals surface area contributed by atoms with E-state index in [2.05, 4.69) is 19.1 Å². The van der Waals surface area contributed by atoms with Crippen LogP contribution in [0.3, 0.4) is 0 Å². The van der Waals surface area contributed by atoms with Gasteiger partial charge in [-0.2, -0.15) is 0 Å². The van der Waals surface area contributed by atoms with E-state index in [9.17, 15) is 121 Å². The van der Waals surface area contributed by atoms with E-state index < -0.39 is 256 Å². The Balaban J connectivity index is 1.07. The standard InChI is InChI=1S/C57H101O37P/c1-2-3-4-5-6-7-8-9-10-11-12-13-14-15-16-17-31(61)82-20-25(60)21-86-95(80,81)94-52-50(92-56-48(78)38(68)33(63)27(19-59)88-56)43(73)42(72)44(74)51(52)93-57-49(79)41(71)36(66)30(91-57)24-85-55-47(77)40(70)35(65)29(90-55)23-84-54-46(76)39(69)34(64)28(89-54)22-83-53-45(75)37(67)32(62)26(18-58)87-53/h9-10,25-30,32-60,62-79H,2-8,11-24H2,1H3,(H,80,81)/b10-9-/t25-,26?,27?,28?,29?,30?,32+,33-,34+,35+,36+,37?,38?,39?,40?,41?,42+,43?,44?,45+,46+,47+,48-,49+,50-,51?,52+,53-,54-,55-,56-,57+/m1/s1. The molecule has 0 radical (unpaired) electrons. The lowest BCUT2D eigenvalue weighted by Crippen LogP contribution is -2.69. The number of hydrogen-bond acceptors (Lipinski definition) is 36. The molecule has 38 heteroatoms. The van der Waals surface area contributed by atoms with Gasteiger partial charge in [0, 0.05) is 6.42 Å². The predicted octanol–water partition coefficient (Wildman–Crippen LogP) is -8.63. The van der Waals surface area contributed by atoms with E-state index in [1.807, 2.05) is 0 Å². The molecule has 0 amide bonds. The molecule has 5 aliphatic heterocycles. The molecule has 556 valence electrons. The minimum atomic E-state index is -5.73. The van der Waals surface area contributed by atoms with E-state index in [0.29, 0.717) is 6.42 Å². The van der Waals surface area contributed by atoms with Gasteiger partial charge in [0.05, 0.1) is 39.6 Å². The van der Waals surface area contributed by atoms with Crippen molar-refractivity contribution in [1.29, 1.82) is 0 Å². The number of phosphoric ester groups is 1. The summed E-state index contributed by atoms with van der Waals surface area (Å²) in [7, 11) is -5.73. The maximum atomic E-state index is 13.8. The van der Waals surface area contributed by atoms with Gasteiger partial charge in [0.25, 0.3) is 0 Å². The van der Waals surface area contributed by atoms with Gasteiger partial charge in [-0.3, -0.25) is 13.8 Å². The average molecular weight is 1410 g/mol. The molecule has 1 saturated carbocycles. The van der Waals surface area contributed by atoms with Gasteiger partial charge in [0.2, 0.25) is 0 Å². The third-order valence-electron chi connectivity index (χ3n) is 17.3. The number of aliphatic hydroxyl groups is 21. The van der Waals surface area contributed by atoms with E-state index >= 15 is 0 Å². The molecule has 6 aliphatic rings. The monoisotopic (exact) mass is 1410 g/mol. The number of esters is 1. The molecule has 6 fully saturated rings. The van der Waals surface area contributed by atoms with E-state index in [-0.39, 0.29) is 6.42 Å². The molecule has 33 atom stereocenters. The molecule has 37 nitrogen and oxygen atoms in total. The second kappa shape index (κ2) is 39.5. The number of aliphatic hydroxyl groups excluding tert-OH is 21. The molecular formula is C57H101O37P. The number of allylic oxidation sites excluding steroid dienone is 2. The Hall–Kier alpha value is -1.92. The number of hydrogen-bond donors (Lipinski definition) is 22. The fourth-order valence-electron chi connectivity index (χ4n) is 11.4. The summed E-state index contributed by atoms with van der Waals surface area (Å²) in [6.45, 7) is -4.15. The summed E-state index contributed by atoms with van der Waals surface area (Å²) in [6, 6.07) is 0. The molecule has 95 heavy (non-hydrogen) atoms. The highest BCUT2D eigenvalue weighted by Crippen LogP contribution is 2.49. The Kier molecular flexibility index (Phi) is 34.1. The van der Waals surface area contributed by atoms with Crippen molar-refractivity contribution in [3.63, 3.8) is 0 Å². The smallest absolute Gasteiger partial charge is 0.463 e. The third kappa shape index (κ3) is 22.5. The summed E-state index contributed by atoms with van der Waals surface area (Å²) >= 11 is 0. The Bertz CT molecular complexity index is 2270. The fraction of sp³-hybridized carbons (Fsp3) is 0.947. The molecule has 0 bridgehead atoms. The van der Waals surface area contributed by atoms with Crippen LogP contribution in [0.4, 0.5) is 0 Å². The molecule has 5 heterocycles. The molecule has 0 aromatic rings. The summed E-state index contributed by atoms with van der Waals surface area (Å²) in [5.41, 5.74) is 0. The van der Waals surface area contributed by atoms with Gasteiger partial charge in [-0.15, -0.1) is 0 Å². The highest BCUT2D eigenvalue weighted by Gasteiger charge is 2.59. The largest absolute Gasteiger partial charge is 0.472 e. The normalized spacial score (nSPS) is 43.0. The van der Waals surface area contributed by atoms with Crippen molar-refractivity contribution in [3.05, 3.63) is 12.2 Å². The Morgan fingerprint density at radius 2 is 0.737 bits per heavy atom. The summed E-state index contributed by atoms with van der Waals surface area (Å²) < 4.78 is 84.8. The Morgan fingerprint density at radius 3 is 1.14 bits per heavy atom. The Morgan fingerprint density at radius 1 is 0.411 bits per heavy atom. The number of rotatable bonds is 37. The first-order chi connectivity index (χ1) is 45.1. The predicted molar refractivity (Wildman–Crippen MR) is 310 cm³/mol. The number of carbonyl (C=O) groups excluding carboxylic acids is 1. The van der Waals surface area contributed by atoms with E-state index in [0.717, 1.165) is 38.5 Å². The van der Waals surface area contributed by atoms with Gasteiger partial charge in [-0.1, -0.05) is 70.4 Å². The van der Waals surface area contributed by atoms with Crippen molar-refractivity contribution in [1.82, 2.24) is 0 Å². The maximum absolute atomic E-state index is 13.8. The second-order valence-corrected chi connectivity index (χ2v) is 26.0. The SMILES string of the molecule is CCCCCCCC/C=C\CCCCCCCC(=O)OC[C@@H](O)COP(=O)(O)O[C@@H]1C(O[C@@H]2OC(CO[C@@H]3OC(CO[C@@H]4OC(CO[C@@H]5OC(CO)[C@H](O)C(O)[C@@H]5O)[C@H](O)C(O)[C@@H]4O)[C@H](O)C(O)[C@@H]3O)[C@H](O)C(O)[C@@H]2O)C(O)[C@@H](O)C(O)[C@H]1O[C@H]1OC(CO)[C@@H](O)C(O)[C@H]1O. The average Bonchev–Trinajstić information content (AvgIpc) is 0.771. The number of ether oxygens (including phenoxy) is 11. The molecule has 14 unspecified atom stereocenters. The van der Waals surface area contributed by atoms with Crippen LogP contribution >= 0.6 is 7.82 Å². The van der Waals surface area contributed by atoms with Crippen molar-refractivity contribution < 1.29 is 183 Å². The highest BCUT2D eigenvalue weighted by molar-refractivity contribution is 7.47. The highest BCUT2D eigenvalue weighted by atomic mass is 31.2. The summed E-state index contributed by atoms with van der Waals surface area (Å²) in [6.07, 6.45) is -48.3. The summed E-state index contributed by atoms with van der Waals surface area (Å²) in [4.78, 5) is 23.6. The van der Waals surface area contributed by atoms with Gasteiger partial charge in [0.15, 0.2) is 31.5 Å². The van der Waals surface area contributed by atoms with Crippen molar-refractivity contribution >= 4 is 13.8 Å². The maximum Gasteiger partial charge on any atom is 0.472 e. The van der Waals surface area contributed by atoms with Crippen molar-refractivity contribution in [2.24, 2.45) is 0 Å². The summed E-state index contributed by atoms with van der Waals surface area (Å²) in [5.74, 6) is -0.700. The van der Waals surface area contributed by atoms with Gasteiger partial charge < -0.3 is 164 Å². The van der Waals surface area contributed by atoms with Crippen LogP contribution < -0.4 is 0 Å². The van der Waals surface area contributed by atoms with Crippen LogP contribution in [0.1, 0.15) is 96.8 Å². The van der Waals surface area contributed by atoms with Gasteiger partial charge in [-0.25, -0.2) is 4.57 Å². The molecule has 0 aromatic heterocycles. The lowest BCUT2D eigenvalue weighted by molar-refractivity contribution is -0.365. The zero-order chi connectivity index (χ0) is 70.0. The van der Waals surface area contributed by atoms with Crippen LogP contribution in [-0.4, -0.2) is 361 Å². The van der Waals surface area contributed by atoms with Crippen molar-refractivity contribution in [2.75, 3.05) is 46.2 Å². The first-order valence-corrected chi connectivity index (χ1v) is 33.6. The fourth-order valence-corrected chi connectivity index (χ4v) is 12.4. The van der Waals surface area contributed by atoms with E-state index in [1.54, 1.807) is 0 Å². The third-order valence-corrected chi connectivity index (χ3v) is 18.3. The molecule has 0 spiro atoms. The lowest BCUT2D eigenvalue weighted by atomic mass is 9.84. The zero-order valence-electron chi connectivity index (χ0n) is 52.4. The van der Waals surface area contributed by atoms with E-state index in [4.69, 9.17) is 61.2 Å². The van der Waals surface area contributed by atoms with Crippen LogP contribution in [0.25, 0.3) is 0 Å². The number of phosphoric acid groups is 1. The van der Waals surface area contributed by atoms with Gasteiger partial charge >= 0.3 is 13.8 Å². The van der Waals surface area contributed by atoms with Crippen molar-refractivity contribution in [2.45, 2.75) is 293 Å². The number of unbranched alkanes of at least 4 members (excludes halogenated alkanes) is 11. The topological polar surface area (TPSA) is 599 Å². The Labute approximate surface area is 546 Å². The van der Waals surface area contributed by atoms with Crippen LogP contribution in [0.2, 0.25) is 0 Å². The first-order valence-electron chi connectivity index (χ1n) is 32.1. The molecule has 6 rings (SSSR count). The molecule has 22 N–H and O–H groups in total. The van der Waals surface area contributed by atoms with Crippen LogP contribution in [-0.2, 0) is 70.5 Å². The lowest BCUT2D eigenvalue weighted by Gasteiger charge is -2.49. The minimum Gasteiger partial charge on any atom is -0.463 e. The first kappa shape index (κ1) is 82.0. The van der Waals surface area contributed by atoms with Gasteiger partial charge in [0.1, 0.15) is 171 Å². The molecule has 1 aliphatic carbocycles. The molecular weight excluding hydrogens is 1310 g/mol. The van der Waals surface area contributed by atoms with Crippen LogP contribution in [0.15, 0.2) is 12.2 Å². The minimum absolute atomic E-state index is 0.00768. The molecule has 0 aromatic carbocycles. The van der Waals surface area contributed by atoms with Crippen LogP contribution in [0, 0.1) is 0 Å². The zero-order valence-corrected chi connectivity index (χ0v) is 53.3. The van der Waals surface area contributed by atoms with Crippen molar-refractivity contribution in [3.8, 4) is 0 Å². The quantitative estimate of drug-likeness (QED) is 0.0119.